The molecule has 0 spiro atoms. The van der Waals surface area contributed by atoms with Gasteiger partial charge in [-0.2, -0.15) is 0 Å². The van der Waals surface area contributed by atoms with Crippen LogP contribution in [-0.2, 0) is 0 Å². The van der Waals surface area contributed by atoms with Crippen molar-refractivity contribution >= 4 is 22.5 Å². The Morgan fingerprint density at radius 3 is 2.63 bits per heavy atom. The van der Waals surface area contributed by atoms with Gasteiger partial charge in [-0.25, -0.2) is 4.79 Å². The zero-order chi connectivity index (χ0) is 20.1. The van der Waals surface area contributed by atoms with Crippen LogP contribution in [-0.4, -0.2) is 52.5 Å². The molecule has 3 atom stereocenters. The van der Waals surface area contributed by atoms with Gasteiger partial charge in [0.15, 0.2) is 0 Å². The van der Waals surface area contributed by atoms with E-state index in [0.717, 1.165) is 36.1 Å². The summed E-state index contributed by atoms with van der Waals surface area (Å²) in [6.45, 7) is 3.06. The number of amides is 2. The van der Waals surface area contributed by atoms with Crippen molar-refractivity contribution in [1.29, 1.82) is 0 Å². The highest BCUT2D eigenvalue weighted by Crippen LogP contribution is 2.46. The average molecular weight is 399 g/mol. The van der Waals surface area contributed by atoms with Gasteiger partial charge < -0.3 is 10.2 Å². The second kappa shape index (κ2) is 7.10. The molecule has 7 rings (SSSR count). The lowest BCUT2D eigenvalue weighted by Gasteiger charge is -2.51. The lowest BCUT2D eigenvalue weighted by molar-refractivity contribution is 0.00493. The zero-order valence-corrected chi connectivity index (χ0v) is 16.9. The third kappa shape index (κ3) is 2.80. The van der Waals surface area contributed by atoms with Crippen LogP contribution in [0, 0.1) is 5.92 Å². The average Bonchev–Trinajstić information content (AvgIpc) is 3.24. The van der Waals surface area contributed by atoms with Crippen LogP contribution in [0.2, 0.25) is 0 Å². The second-order valence-corrected chi connectivity index (χ2v) is 8.86. The van der Waals surface area contributed by atoms with Crippen LogP contribution in [0.1, 0.15) is 24.3 Å². The number of carbonyl (C=O) groups is 1. The highest BCUT2D eigenvalue weighted by atomic mass is 16.2. The number of carbonyl (C=O) groups excluding carboxylic acids is 1. The molecular weight excluding hydrogens is 372 g/mol. The van der Waals surface area contributed by atoms with Crippen molar-refractivity contribution in [3.63, 3.8) is 0 Å². The van der Waals surface area contributed by atoms with Crippen LogP contribution in [0.25, 0.3) is 10.8 Å². The van der Waals surface area contributed by atoms with E-state index in [2.05, 4.69) is 44.4 Å². The summed E-state index contributed by atoms with van der Waals surface area (Å²) in [5, 5.41) is 5.47. The van der Waals surface area contributed by atoms with Crippen LogP contribution in [0.5, 0.6) is 0 Å². The van der Waals surface area contributed by atoms with E-state index in [1.165, 1.54) is 18.4 Å². The van der Waals surface area contributed by atoms with Crippen LogP contribution < -0.4 is 5.32 Å². The fourth-order valence-electron chi connectivity index (χ4n) is 6.06. The van der Waals surface area contributed by atoms with Gasteiger partial charge in [0.25, 0.3) is 0 Å². The normalized spacial score (nSPS) is 29.7. The lowest BCUT2D eigenvalue weighted by Crippen LogP contribution is -2.61. The Morgan fingerprint density at radius 2 is 1.80 bits per heavy atom. The van der Waals surface area contributed by atoms with Gasteiger partial charge in [0.2, 0.25) is 0 Å². The molecule has 1 aromatic heterocycles. The van der Waals surface area contributed by atoms with E-state index in [0.29, 0.717) is 17.9 Å². The number of nitrogens with one attached hydrogen (secondary N) is 1. The van der Waals surface area contributed by atoms with Crippen molar-refractivity contribution in [3.8, 4) is 0 Å². The number of piperidine rings is 3. The summed E-state index contributed by atoms with van der Waals surface area (Å²) >= 11 is 0. The minimum atomic E-state index is 0.0292. The van der Waals surface area contributed by atoms with Crippen LogP contribution in [0.4, 0.5) is 10.5 Å². The number of hydrogen-bond acceptors (Lipinski definition) is 3. The number of pyridine rings is 1. The number of aromatic nitrogens is 1. The molecule has 30 heavy (non-hydrogen) atoms. The molecule has 4 aliphatic rings. The number of urea groups is 1. The summed E-state index contributed by atoms with van der Waals surface area (Å²) < 4.78 is 0. The minimum absolute atomic E-state index is 0.0292. The summed E-state index contributed by atoms with van der Waals surface area (Å²) in [7, 11) is 0. The van der Waals surface area contributed by atoms with E-state index >= 15 is 0 Å². The molecular formula is C25H26N4O. The lowest BCUT2D eigenvalue weighted by atomic mass is 9.75. The van der Waals surface area contributed by atoms with Gasteiger partial charge in [-0.3, -0.25) is 9.88 Å². The SMILES string of the molecule is O=C(Nc1cccc2ccccc12)N1CC(c2cccnc2)C2C1C1CCN2CC1. The van der Waals surface area contributed by atoms with E-state index in [9.17, 15) is 4.79 Å². The largest absolute Gasteiger partial charge is 0.322 e. The molecule has 0 radical (unpaired) electrons. The van der Waals surface area contributed by atoms with Gasteiger partial charge in [0.05, 0.1) is 11.7 Å². The van der Waals surface area contributed by atoms with Crippen molar-refractivity contribution in [1.82, 2.24) is 14.8 Å². The van der Waals surface area contributed by atoms with Gasteiger partial charge >= 0.3 is 6.03 Å². The fourth-order valence-corrected chi connectivity index (χ4v) is 6.06. The topological polar surface area (TPSA) is 48.5 Å². The number of likely N-dealkylation sites (tertiary alicyclic amines) is 1. The minimum Gasteiger partial charge on any atom is -0.319 e. The van der Waals surface area contributed by atoms with Gasteiger partial charge in [-0.15, -0.1) is 0 Å². The Bertz CT molecular complexity index is 1070. The maximum absolute atomic E-state index is 13.5. The molecule has 0 saturated carbocycles. The monoisotopic (exact) mass is 398 g/mol. The molecule has 5 heterocycles. The quantitative estimate of drug-likeness (QED) is 0.699. The summed E-state index contributed by atoms with van der Waals surface area (Å²) in [4.78, 5) is 22.7. The van der Waals surface area contributed by atoms with Crippen molar-refractivity contribution in [3.05, 3.63) is 72.6 Å². The van der Waals surface area contributed by atoms with Crippen molar-refractivity contribution < 1.29 is 4.79 Å². The van der Waals surface area contributed by atoms with E-state index in [1.807, 2.05) is 42.7 Å². The Kier molecular flexibility index (Phi) is 4.23. The molecule has 4 aliphatic heterocycles. The first kappa shape index (κ1) is 17.9. The molecule has 1 N–H and O–H groups in total. The van der Waals surface area contributed by atoms with Crippen LogP contribution in [0.15, 0.2) is 67.0 Å². The Hall–Kier alpha value is -2.92. The fraction of sp³-hybridized carbons (Fsp3) is 0.360. The molecule has 2 bridgehead atoms. The molecule has 5 nitrogen and oxygen atoms in total. The first-order chi connectivity index (χ1) is 14.8. The Labute approximate surface area is 176 Å². The van der Waals surface area contributed by atoms with E-state index in [4.69, 9.17) is 0 Å². The molecule has 5 heteroatoms. The Morgan fingerprint density at radius 1 is 0.967 bits per heavy atom. The molecule has 3 unspecified atom stereocenters. The number of fused-ring (bicyclic) bond motifs is 3. The van der Waals surface area contributed by atoms with Gasteiger partial charge in [0.1, 0.15) is 0 Å². The third-order valence-electron chi connectivity index (χ3n) is 7.40. The van der Waals surface area contributed by atoms with Gasteiger partial charge in [-0.05, 0) is 54.9 Å². The number of rotatable bonds is 2. The molecule has 2 amide bonds. The summed E-state index contributed by atoms with van der Waals surface area (Å²) in [5.41, 5.74) is 2.14. The summed E-state index contributed by atoms with van der Waals surface area (Å²) in [6.07, 6.45) is 6.20. The highest BCUT2D eigenvalue weighted by Gasteiger charge is 2.54. The number of nitrogens with zero attached hydrogens (tertiary/aromatic N) is 3. The predicted octanol–water partition coefficient (Wildman–Crippen LogP) is 4.33. The molecule has 4 saturated heterocycles. The molecule has 152 valence electrons. The summed E-state index contributed by atoms with van der Waals surface area (Å²) in [6, 6.07) is 19.2. The van der Waals surface area contributed by atoms with E-state index < -0.39 is 0 Å². The third-order valence-corrected chi connectivity index (χ3v) is 7.40. The Balaban J connectivity index is 1.33. The number of benzene rings is 2. The van der Waals surface area contributed by atoms with Gasteiger partial charge in [0, 0.05) is 36.3 Å². The smallest absolute Gasteiger partial charge is 0.319 e. The van der Waals surface area contributed by atoms with Crippen LogP contribution in [0.3, 0.4) is 0 Å². The maximum atomic E-state index is 13.5. The van der Waals surface area contributed by atoms with Crippen molar-refractivity contribution in [2.75, 3.05) is 25.0 Å². The maximum Gasteiger partial charge on any atom is 0.322 e. The highest BCUT2D eigenvalue weighted by molar-refractivity contribution is 6.01. The molecule has 2 aromatic carbocycles. The zero-order valence-electron chi connectivity index (χ0n) is 16.9. The first-order valence-corrected chi connectivity index (χ1v) is 11.0. The second-order valence-electron chi connectivity index (χ2n) is 8.86. The molecule has 4 fully saturated rings. The number of hydrogen-bond donors (Lipinski definition) is 1. The number of anilines is 1. The molecule has 0 aliphatic carbocycles. The first-order valence-electron chi connectivity index (χ1n) is 11.0. The van der Waals surface area contributed by atoms with E-state index in [-0.39, 0.29) is 12.1 Å². The van der Waals surface area contributed by atoms with Crippen molar-refractivity contribution in [2.45, 2.75) is 30.8 Å². The van der Waals surface area contributed by atoms with E-state index in [1.54, 1.807) is 0 Å². The van der Waals surface area contributed by atoms with Crippen molar-refractivity contribution in [2.24, 2.45) is 5.92 Å². The van der Waals surface area contributed by atoms with Gasteiger partial charge in [-0.1, -0.05) is 42.5 Å². The summed E-state index contributed by atoms with van der Waals surface area (Å²) in [5.74, 6) is 0.921. The standard InChI is InChI=1S/C25H26N4O/c30-25(27-22-9-3-6-17-5-1-2-8-20(17)22)29-16-21(19-7-4-12-26-15-19)24-23(29)18-10-13-28(24)14-11-18/h1-9,12,15,18,21,23-24H,10-11,13-14,16H2,(H,27,30). The van der Waals surface area contributed by atoms with Crippen LogP contribution >= 0.6 is 0 Å². The molecule has 3 aromatic rings. The predicted molar refractivity (Wildman–Crippen MR) is 119 cm³/mol.